The Morgan fingerprint density at radius 3 is 3.00 bits per heavy atom. The maximum atomic E-state index is 12.2. The van der Waals surface area contributed by atoms with Crippen molar-refractivity contribution in [2.45, 2.75) is 39.3 Å². The first kappa shape index (κ1) is 15.6. The second kappa shape index (κ2) is 6.87. The van der Waals surface area contributed by atoms with E-state index in [1.807, 2.05) is 30.7 Å². The van der Waals surface area contributed by atoms with Crippen molar-refractivity contribution >= 4 is 11.6 Å². The van der Waals surface area contributed by atoms with Gasteiger partial charge in [-0.2, -0.15) is 5.10 Å². The van der Waals surface area contributed by atoms with Gasteiger partial charge in [0, 0.05) is 12.2 Å². The number of anilines is 1. The fourth-order valence-electron chi connectivity index (χ4n) is 3.07. The second-order valence-electron chi connectivity index (χ2n) is 5.94. The van der Waals surface area contributed by atoms with Crippen LogP contribution in [0.4, 0.5) is 5.69 Å². The third kappa shape index (κ3) is 3.92. The molecular weight excluding hydrogens is 292 g/mol. The van der Waals surface area contributed by atoms with E-state index in [0.29, 0.717) is 12.6 Å². The number of aromatic nitrogens is 4. The molecule has 1 fully saturated rings. The van der Waals surface area contributed by atoms with Crippen molar-refractivity contribution in [1.82, 2.24) is 24.6 Å². The summed E-state index contributed by atoms with van der Waals surface area (Å²) in [5, 5.41) is 7.32. The highest BCUT2D eigenvalue weighted by Gasteiger charge is 2.27. The molecule has 3 rings (SSSR count). The van der Waals surface area contributed by atoms with Crippen LogP contribution in [-0.4, -0.2) is 49.7 Å². The zero-order valence-electron chi connectivity index (χ0n) is 13.6. The van der Waals surface area contributed by atoms with Gasteiger partial charge >= 0.3 is 0 Å². The first-order chi connectivity index (χ1) is 11.1. The maximum absolute atomic E-state index is 12.2. The lowest BCUT2D eigenvalue weighted by Gasteiger charge is -2.24. The smallest absolute Gasteiger partial charge is 0.238 e. The number of aryl methyl sites for hydroxylation is 2. The monoisotopic (exact) mass is 314 g/mol. The topological polar surface area (TPSA) is 75.9 Å². The molecule has 1 aliphatic heterocycles. The lowest BCUT2D eigenvalue weighted by atomic mass is 10.2. The summed E-state index contributed by atoms with van der Waals surface area (Å²) in [6, 6.07) is 3.98. The van der Waals surface area contributed by atoms with Gasteiger partial charge in [-0.1, -0.05) is 0 Å². The summed E-state index contributed by atoms with van der Waals surface area (Å²) in [5.74, 6) is 1.71. The standard InChI is InChI=1S/C16H22N6O/c1-12-18-13(2)22(20-12)10-15-6-4-8-21(15)11-16(23)19-14-5-3-7-17-9-14/h3,5,7,9,15H,4,6,8,10-11H2,1-2H3,(H,19,23)/t15-/m0/s1. The number of rotatable bonds is 5. The molecular formula is C16H22N6O. The van der Waals surface area contributed by atoms with Gasteiger partial charge in [-0.15, -0.1) is 0 Å². The molecule has 0 spiro atoms. The minimum absolute atomic E-state index is 0.00334. The first-order valence-electron chi connectivity index (χ1n) is 7.94. The summed E-state index contributed by atoms with van der Waals surface area (Å²) in [4.78, 5) is 22.8. The van der Waals surface area contributed by atoms with E-state index in [9.17, 15) is 4.79 Å². The molecule has 0 bridgehead atoms. The van der Waals surface area contributed by atoms with Crippen molar-refractivity contribution in [2.75, 3.05) is 18.4 Å². The van der Waals surface area contributed by atoms with Gasteiger partial charge in [0.2, 0.25) is 5.91 Å². The molecule has 3 heterocycles. The third-order valence-electron chi connectivity index (χ3n) is 4.14. The lowest BCUT2D eigenvalue weighted by molar-refractivity contribution is -0.117. The van der Waals surface area contributed by atoms with E-state index >= 15 is 0 Å². The minimum Gasteiger partial charge on any atom is -0.324 e. The largest absolute Gasteiger partial charge is 0.324 e. The van der Waals surface area contributed by atoms with Crippen molar-refractivity contribution in [3.8, 4) is 0 Å². The number of hydrogen-bond donors (Lipinski definition) is 1. The van der Waals surface area contributed by atoms with Gasteiger partial charge in [0.25, 0.3) is 0 Å². The summed E-state index contributed by atoms with van der Waals surface area (Å²) in [5.41, 5.74) is 0.732. The molecule has 0 aliphatic carbocycles. The van der Waals surface area contributed by atoms with Crippen LogP contribution in [0.25, 0.3) is 0 Å². The molecule has 2 aromatic heterocycles. The Kier molecular flexibility index (Phi) is 4.66. The highest BCUT2D eigenvalue weighted by Crippen LogP contribution is 2.19. The Hall–Kier alpha value is -2.28. The lowest BCUT2D eigenvalue weighted by Crippen LogP contribution is -2.39. The Morgan fingerprint density at radius 1 is 1.43 bits per heavy atom. The van der Waals surface area contributed by atoms with Crippen LogP contribution in [0, 0.1) is 13.8 Å². The van der Waals surface area contributed by atoms with Gasteiger partial charge in [0.1, 0.15) is 11.6 Å². The number of hydrogen-bond acceptors (Lipinski definition) is 5. The van der Waals surface area contributed by atoms with Crippen LogP contribution in [0.15, 0.2) is 24.5 Å². The number of nitrogens with one attached hydrogen (secondary N) is 1. The predicted octanol–water partition coefficient (Wildman–Crippen LogP) is 1.39. The van der Waals surface area contributed by atoms with Crippen LogP contribution >= 0.6 is 0 Å². The van der Waals surface area contributed by atoms with Crippen molar-refractivity contribution < 1.29 is 4.79 Å². The van der Waals surface area contributed by atoms with Crippen LogP contribution < -0.4 is 5.32 Å². The summed E-state index contributed by atoms with van der Waals surface area (Å²) >= 11 is 0. The van der Waals surface area contributed by atoms with Crippen molar-refractivity contribution in [3.05, 3.63) is 36.2 Å². The van der Waals surface area contributed by atoms with Gasteiger partial charge < -0.3 is 5.32 Å². The molecule has 1 aliphatic rings. The maximum Gasteiger partial charge on any atom is 0.238 e. The molecule has 1 saturated heterocycles. The molecule has 0 radical (unpaired) electrons. The number of likely N-dealkylation sites (tertiary alicyclic amines) is 1. The molecule has 0 unspecified atom stereocenters. The molecule has 1 amide bonds. The molecule has 23 heavy (non-hydrogen) atoms. The summed E-state index contributed by atoms with van der Waals surface area (Å²) in [6.45, 7) is 5.99. The van der Waals surface area contributed by atoms with Crippen molar-refractivity contribution in [3.63, 3.8) is 0 Å². The molecule has 0 saturated carbocycles. The van der Waals surface area contributed by atoms with Gasteiger partial charge in [0.05, 0.1) is 25.0 Å². The average Bonchev–Trinajstić information content (AvgIpc) is 3.07. The Labute approximate surface area is 135 Å². The van der Waals surface area contributed by atoms with E-state index < -0.39 is 0 Å². The van der Waals surface area contributed by atoms with E-state index in [-0.39, 0.29) is 5.91 Å². The normalized spacial score (nSPS) is 18.3. The third-order valence-corrected chi connectivity index (χ3v) is 4.14. The number of carbonyl (C=O) groups is 1. The van der Waals surface area contributed by atoms with E-state index in [0.717, 1.165) is 43.3 Å². The van der Waals surface area contributed by atoms with Gasteiger partial charge in [0.15, 0.2) is 0 Å². The summed E-state index contributed by atoms with van der Waals surface area (Å²) in [7, 11) is 0. The molecule has 1 N–H and O–H groups in total. The van der Waals surface area contributed by atoms with Crippen molar-refractivity contribution in [2.24, 2.45) is 0 Å². The quantitative estimate of drug-likeness (QED) is 0.902. The van der Waals surface area contributed by atoms with Crippen LogP contribution in [-0.2, 0) is 11.3 Å². The Morgan fingerprint density at radius 2 is 2.30 bits per heavy atom. The number of carbonyl (C=O) groups excluding carboxylic acids is 1. The number of nitrogens with zero attached hydrogens (tertiary/aromatic N) is 5. The molecule has 2 aromatic rings. The Balaban J connectivity index is 1.58. The first-order valence-corrected chi connectivity index (χ1v) is 7.94. The molecule has 1 atom stereocenters. The van der Waals surface area contributed by atoms with Gasteiger partial charge in [-0.25, -0.2) is 9.67 Å². The molecule has 7 nitrogen and oxygen atoms in total. The van der Waals surface area contributed by atoms with E-state index in [1.165, 1.54) is 0 Å². The highest BCUT2D eigenvalue weighted by molar-refractivity contribution is 5.92. The van der Waals surface area contributed by atoms with Crippen molar-refractivity contribution in [1.29, 1.82) is 0 Å². The SMILES string of the molecule is Cc1nc(C)n(C[C@@H]2CCCN2CC(=O)Nc2cccnc2)n1. The number of pyridine rings is 1. The van der Waals surface area contributed by atoms with Gasteiger partial charge in [-0.05, 0) is 45.4 Å². The summed E-state index contributed by atoms with van der Waals surface area (Å²) < 4.78 is 1.94. The van der Waals surface area contributed by atoms with Crippen LogP contribution in [0.1, 0.15) is 24.5 Å². The van der Waals surface area contributed by atoms with E-state index in [4.69, 9.17) is 0 Å². The van der Waals surface area contributed by atoms with Gasteiger partial charge in [-0.3, -0.25) is 14.7 Å². The van der Waals surface area contributed by atoms with Crippen LogP contribution in [0.3, 0.4) is 0 Å². The molecule has 122 valence electrons. The van der Waals surface area contributed by atoms with E-state index in [1.54, 1.807) is 12.4 Å². The Bertz CT molecular complexity index is 668. The van der Waals surface area contributed by atoms with Crippen LogP contribution in [0.5, 0.6) is 0 Å². The van der Waals surface area contributed by atoms with Crippen LogP contribution in [0.2, 0.25) is 0 Å². The fourth-order valence-corrected chi connectivity index (χ4v) is 3.07. The predicted molar refractivity (Wildman–Crippen MR) is 87.0 cm³/mol. The zero-order chi connectivity index (χ0) is 16.2. The molecule has 7 heteroatoms. The zero-order valence-corrected chi connectivity index (χ0v) is 13.6. The summed E-state index contributed by atoms with van der Waals surface area (Å²) in [6.07, 6.45) is 5.53. The highest BCUT2D eigenvalue weighted by atomic mass is 16.2. The second-order valence-corrected chi connectivity index (χ2v) is 5.94. The number of amides is 1. The average molecular weight is 314 g/mol. The fraction of sp³-hybridized carbons (Fsp3) is 0.500. The van der Waals surface area contributed by atoms with E-state index in [2.05, 4.69) is 25.3 Å². The molecule has 0 aromatic carbocycles. The minimum atomic E-state index is -0.00334.